The zero-order valence-electron chi connectivity index (χ0n) is 10.7. The summed E-state index contributed by atoms with van der Waals surface area (Å²) in [6.07, 6.45) is 1.44. The molecule has 0 aliphatic carbocycles. The molecule has 0 fully saturated rings. The van der Waals surface area contributed by atoms with E-state index in [1.165, 1.54) is 35.0 Å². The van der Waals surface area contributed by atoms with Crippen LogP contribution in [-0.4, -0.2) is 21.6 Å². The quantitative estimate of drug-likeness (QED) is 0.896. The van der Waals surface area contributed by atoms with Crippen LogP contribution in [0.4, 0.5) is 10.1 Å². The Kier molecular flexibility index (Phi) is 4.00. The van der Waals surface area contributed by atoms with Gasteiger partial charge in [-0.25, -0.2) is 4.39 Å². The zero-order chi connectivity index (χ0) is 15.4. The SMILES string of the molecule is N#Cc1ccc(NC(=O)c2cccn2CC(=O)O)c(F)c1. The van der Waals surface area contributed by atoms with Gasteiger partial charge < -0.3 is 15.0 Å². The van der Waals surface area contributed by atoms with Crippen molar-refractivity contribution in [3.8, 4) is 6.07 Å². The fraction of sp³-hybridized carbons (Fsp3) is 0.0714. The molecule has 1 aromatic heterocycles. The molecule has 106 valence electrons. The molecular weight excluding hydrogens is 277 g/mol. The number of carbonyl (C=O) groups is 2. The Morgan fingerprint density at radius 3 is 2.76 bits per heavy atom. The molecule has 0 radical (unpaired) electrons. The van der Waals surface area contributed by atoms with Gasteiger partial charge in [0.15, 0.2) is 0 Å². The van der Waals surface area contributed by atoms with E-state index in [-0.39, 0.29) is 23.5 Å². The van der Waals surface area contributed by atoms with Gasteiger partial charge in [0, 0.05) is 6.20 Å². The lowest BCUT2D eigenvalue weighted by molar-refractivity contribution is -0.137. The molecule has 0 saturated heterocycles. The summed E-state index contributed by atoms with van der Waals surface area (Å²) in [7, 11) is 0. The third-order valence-electron chi connectivity index (χ3n) is 2.71. The van der Waals surface area contributed by atoms with Crippen LogP contribution >= 0.6 is 0 Å². The van der Waals surface area contributed by atoms with Gasteiger partial charge in [0.1, 0.15) is 18.1 Å². The Labute approximate surface area is 119 Å². The van der Waals surface area contributed by atoms with Gasteiger partial charge in [0.05, 0.1) is 17.3 Å². The number of rotatable bonds is 4. The van der Waals surface area contributed by atoms with E-state index in [2.05, 4.69) is 5.32 Å². The highest BCUT2D eigenvalue weighted by atomic mass is 19.1. The normalized spacial score (nSPS) is 9.90. The molecule has 1 aromatic carbocycles. The van der Waals surface area contributed by atoms with Gasteiger partial charge in [0.25, 0.3) is 5.91 Å². The molecule has 7 heteroatoms. The Bertz CT molecular complexity index is 746. The van der Waals surface area contributed by atoms with Crippen LogP contribution in [0.15, 0.2) is 36.5 Å². The van der Waals surface area contributed by atoms with E-state index in [9.17, 15) is 14.0 Å². The summed E-state index contributed by atoms with van der Waals surface area (Å²) in [5.41, 5.74) is 0.156. The van der Waals surface area contributed by atoms with Crippen LogP contribution in [0.5, 0.6) is 0 Å². The summed E-state index contributed by atoms with van der Waals surface area (Å²) in [6, 6.07) is 8.39. The molecule has 0 bridgehead atoms. The first-order chi connectivity index (χ1) is 10.0. The fourth-order valence-corrected chi connectivity index (χ4v) is 1.78. The predicted molar refractivity (Wildman–Crippen MR) is 71.1 cm³/mol. The molecule has 21 heavy (non-hydrogen) atoms. The molecule has 0 unspecified atom stereocenters. The van der Waals surface area contributed by atoms with Crippen molar-refractivity contribution >= 4 is 17.6 Å². The Morgan fingerprint density at radius 1 is 1.38 bits per heavy atom. The first-order valence-electron chi connectivity index (χ1n) is 5.89. The Balaban J connectivity index is 2.21. The number of anilines is 1. The number of aliphatic carboxylic acids is 1. The van der Waals surface area contributed by atoms with Gasteiger partial charge in [0.2, 0.25) is 0 Å². The standard InChI is InChI=1S/C14H10FN3O3/c15-10-6-9(7-16)3-4-11(10)17-14(21)12-2-1-5-18(12)8-13(19)20/h1-6H,8H2,(H,17,21)(H,19,20). The summed E-state index contributed by atoms with van der Waals surface area (Å²) < 4.78 is 14.9. The lowest BCUT2D eigenvalue weighted by Gasteiger charge is -2.08. The number of carboxylic acids is 1. The topological polar surface area (TPSA) is 95.1 Å². The molecule has 0 aliphatic heterocycles. The van der Waals surface area contributed by atoms with Crippen LogP contribution in [0.25, 0.3) is 0 Å². The van der Waals surface area contributed by atoms with Gasteiger partial charge in [-0.1, -0.05) is 0 Å². The number of nitrogens with one attached hydrogen (secondary N) is 1. The molecule has 2 aromatic rings. The molecule has 2 rings (SSSR count). The second kappa shape index (κ2) is 5.88. The minimum absolute atomic E-state index is 0.0814. The van der Waals surface area contributed by atoms with Gasteiger partial charge in [-0.3, -0.25) is 9.59 Å². The summed E-state index contributed by atoms with van der Waals surface area (Å²) in [5, 5.41) is 19.7. The molecule has 2 N–H and O–H groups in total. The van der Waals surface area contributed by atoms with Crippen molar-refractivity contribution in [1.29, 1.82) is 5.26 Å². The molecular formula is C14H10FN3O3. The third-order valence-corrected chi connectivity index (χ3v) is 2.71. The van der Waals surface area contributed by atoms with Crippen LogP contribution in [-0.2, 0) is 11.3 Å². The van der Waals surface area contributed by atoms with Crippen molar-refractivity contribution in [2.45, 2.75) is 6.54 Å². The van der Waals surface area contributed by atoms with Gasteiger partial charge >= 0.3 is 5.97 Å². The van der Waals surface area contributed by atoms with Gasteiger partial charge in [-0.15, -0.1) is 0 Å². The second-order valence-electron chi connectivity index (χ2n) is 4.18. The van der Waals surface area contributed by atoms with Crippen molar-refractivity contribution < 1.29 is 19.1 Å². The van der Waals surface area contributed by atoms with E-state index in [0.717, 1.165) is 6.07 Å². The molecule has 6 nitrogen and oxygen atoms in total. The number of halogens is 1. The molecule has 1 amide bonds. The minimum Gasteiger partial charge on any atom is -0.480 e. The van der Waals surface area contributed by atoms with Crippen LogP contribution in [0.2, 0.25) is 0 Å². The highest BCUT2D eigenvalue weighted by molar-refractivity contribution is 6.03. The molecule has 0 saturated carbocycles. The monoisotopic (exact) mass is 287 g/mol. The number of hydrogen-bond acceptors (Lipinski definition) is 3. The summed E-state index contributed by atoms with van der Waals surface area (Å²) >= 11 is 0. The highest BCUT2D eigenvalue weighted by Gasteiger charge is 2.14. The van der Waals surface area contributed by atoms with Crippen LogP contribution in [0, 0.1) is 17.1 Å². The van der Waals surface area contributed by atoms with Crippen molar-refractivity contribution in [2.75, 3.05) is 5.32 Å². The summed E-state index contributed by atoms with van der Waals surface area (Å²) in [5.74, 6) is -2.46. The van der Waals surface area contributed by atoms with E-state index in [4.69, 9.17) is 10.4 Å². The number of nitrogens with zero attached hydrogens (tertiary/aromatic N) is 2. The zero-order valence-corrected chi connectivity index (χ0v) is 10.7. The largest absolute Gasteiger partial charge is 0.480 e. The number of hydrogen-bond donors (Lipinski definition) is 2. The minimum atomic E-state index is -1.09. The predicted octanol–water partition coefficient (Wildman–Crippen LogP) is 1.84. The number of carboxylic acid groups (broad SMARTS) is 1. The first-order valence-corrected chi connectivity index (χ1v) is 5.89. The van der Waals surface area contributed by atoms with Crippen LogP contribution < -0.4 is 5.32 Å². The number of amides is 1. The van der Waals surface area contributed by atoms with Crippen LogP contribution in [0.1, 0.15) is 16.1 Å². The molecule has 1 heterocycles. The van der Waals surface area contributed by atoms with E-state index >= 15 is 0 Å². The first kappa shape index (κ1) is 14.3. The van der Waals surface area contributed by atoms with Gasteiger partial charge in [-0.2, -0.15) is 5.26 Å². The summed E-state index contributed by atoms with van der Waals surface area (Å²) in [4.78, 5) is 22.7. The van der Waals surface area contributed by atoms with Gasteiger partial charge in [-0.05, 0) is 30.3 Å². The molecule has 0 atom stereocenters. The van der Waals surface area contributed by atoms with Crippen molar-refractivity contribution in [1.82, 2.24) is 4.57 Å². The number of benzene rings is 1. The van der Waals surface area contributed by atoms with E-state index in [0.29, 0.717) is 0 Å². The molecule has 0 spiro atoms. The smallest absolute Gasteiger partial charge is 0.323 e. The Morgan fingerprint density at radius 2 is 2.14 bits per heavy atom. The van der Waals surface area contributed by atoms with Crippen molar-refractivity contribution in [3.05, 3.63) is 53.6 Å². The number of nitriles is 1. The number of carbonyl (C=O) groups excluding carboxylic acids is 1. The fourth-order valence-electron chi connectivity index (χ4n) is 1.78. The third kappa shape index (κ3) is 3.25. The maximum Gasteiger partial charge on any atom is 0.323 e. The van der Waals surface area contributed by atoms with E-state index < -0.39 is 17.7 Å². The van der Waals surface area contributed by atoms with Crippen LogP contribution in [0.3, 0.4) is 0 Å². The summed E-state index contributed by atoms with van der Waals surface area (Å²) in [6.45, 7) is -0.369. The maximum absolute atomic E-state index is 13.7. The lowest BCUT2D eigenvalue weighted by atomic mass is 10.2. The average Bonchev–Trinajstić information content (AvgIpc) is 2.88. The number of aromatic nitrogens is 1. The van der Waals surface area contributed by atoms with Crippen molar-refractivity contribution in [2.24, 2.45) is 0 Å². The maximum atomic E-state index is 13.7. The van der Waals surface area contributed by atoms with E-state index in [1.54, 1.807) is 6.07 Å². The lowest BCUT2D eigenvalue weighted by Crippen LogP contribution is -2.19. The Hall–Kier alpha value is -3.14. The average molecular weight is 287 g/mol. The van der Waals surface area contributed by atoms with Crippen molar-refractivity contribution in [3.63, 3.8) is 0 Å². The second-order valence-corrected chi connectivity index (χ2v) is 4.18. The van der Waals surface area contributed by atoms with E-state index in [1.807, 2.05) is 0 Å². The molecule has 0 aliphatic rings. The highest BCUT2D eigenvalue weighted by Crippen LogP contribution is 2.16.